The first-order valence-corrected chi connectivity index (χ1v) is 5.93. The molecular formula is C15H14O4. The fraction of sp³-hybridized carbons (Fsp3) is 0.133. The number of rotatable bonds is 5. The van der Waals surface area contributed by atoms with Crippen LogP contribution in [-0.4, -0.2) is 17.7 Å². The zero-order valence-corrected chi connectivity index (χ0v) is 10.5. The third-order valence-electron chi connectivity index (χ3n) is 2.45. The van der Waals surface area contributed by atoms with Crippen LogP contribution >= 0.6 is 0 Å². The SMILES string of the molecule is CCOc1cccc(Oc2ccc(C(=O)O)cc2)c1. The maximum absolute atomic E-state index is 10.7. The van der Waals surface area contributed by atoms with Gasteiger partial charge in [-0.1, -0.05) is 6.07 Å². The molecule has 98 valence electrons. The molecule has 0 saturated heterocycles. The van der Waals surface area contributed by atoms with E-state index in [4.69, 9.17) is 14.6 Å². The summed E-state index contributed by atoms with van der Waals surface area (Å²) < 4.78 is 11.0. The predicted octanol–water partition coefficient (Wildman–Crippen LogP) is 3.58. The lowest BCUT2D eigenvalue weighted by Gasteiger charge is -2.08. The van der Waals surface area contributed by atoms with Crippen LogP contribution in [-0.2, 0) is 0 Å². The number of carbonyl (C=O) groups is 1. The molecule has 0 unspecified atom stereocenters. The highest BCUT2D eigenvalue weighted by molar-refractivity contribution is 5.87. The molecule has 0 spiro atoms. The molecule has 0 atom stereocenters. The van der Waals surface area contributed by atoms with Crippen LogP contribution in [0.25, 0.3) is 0 Å². The van der Waals surface area contributed by atoms with Gasteiger partial charge in [-0.05, 0) is 43.3 Å². The molecular weight excluding hydrogens is 244 g/mol. The number of aromatic carboxylic acids is 1. The Morgan fingerprint density at radius 2 is 1.74 bits per heavy atom. The number of benzene rings is 2. The Labute approximate surface area is 111 Å². The van der Waals surface area contributed by atoms with Crippen LogP contribution in [0.4, 0.5) is 0 Å². The average Bonchev–Trinajstić information content (AvgIpc) is 2.40. The highest BCUT2D eigenvalue weighted by Gasteiger charge is 2.03. The lowest BCUT2D eigenvalue weighted by Crippen LogP contribution is -1.95. The zero-order chi connectivity index (χ0) is 13.7. The van der Waals surface area contributed by atoms with E-state index in [-0.39, 0.29) is 5.56 Å². The summed E-state index contributed by atoms with van der Waals surface area (Å²) in [5, 5.41) is 8.80. The number of hydrogen-bond acceptors (Lipinski definition) is 3. The monoisotopic (exact) mass is 258 g/mol. The van der Waals surface area contributed by atoms with Gasteiger partial charge in [-0.2, -0.15) is 0 Å². The highest BCUT2D eigenvalue weighted by Crippen LogP contribution is 2.25. The molecule has 1 N–H and O–H groups in total. The largest absolute Gasteiger partial charge is 0.494 e. The average molecular weight is 258 g/mol. The van der Waals surface area contributed by atoms with Crippen LogP contribution < -0.4 is 9.47 Å². The van der Waals surface area contributed by atoms with Crippen molar-refractivity contribution < 1.29 is 19.4 Å². The fourth-order valence-electron chi connectivity index (χ4n) is 1.60. The minimum atomic E-state index is -0.954. The van der Waals surface area contributed by atoms with Crippen molar-refractivity contribution in [2.45, 2.75) is 6.92 Å². The van der Waals surface area contributed by atoms with Crippen molar-refractivity contribution in [3.8, 4) is 17.2 Å². The Bertz CT molecular complexity index is 561. The third-order valence-corrected chi connectivity index (χ3v) is 2.45. The van der Waals surface area contributed by atoms with Gasteiger partial charge in [0.25, 0.3) is 0 Å². The molecule has 4 nitrogen and oxygen atoms in total. The van der Waals surface area contributed by atoms with Crippen molar-refractivity contribution >= 4 is 5.97 Å². The van der Waals surface area contributed by atoms with Crippen molar-refractivity contribution in [1.82, 2.24) is 0 Å². The molecule has 0 radical (unpaired) electrons. The molecule has 4 heteroatoms. The fourth-order valence-corrected chi connectivity index (χ4v) is 1.60. The quantitative estimate of drug-likeness (QED) is 0.890. The predicted molar refractivity (Wildman–Crippen MR) is 71.1 cm³/mol. The summed E-state index contributed by atoms with van der Waals surface area (Å²) in [7, 11) is 0. The molecule has 19 heavy (non-hydrogen) atoms. The lowest BCUT2D eigenvalue weighted by molar-refractivity contribution is 0.0697. The van der Waals surface area contributed by atoms with Gasteiger partial charge in [0.15, 0.2) is 0 Å². The first-order chi connectivity index (χ1) is 9.19. The summed E-state index contributed by atoms with van der Waals surface area (Å²) in [6, 6.07) is 13.5. The maximum atomic E-state index is 10.7. The van der Waals surface area contributed by atoms with Gasteiger partial charge in [0.1, 0.15) is 17.2 Å². The Hall–Kier alpha value is -2.49. The second kappa shape index (κ2) is 5.91. The van der Waals surface area contributed by atoms with Gasteiger partial charge < -0.3 is 14.6 Å². The molecule has 2 rings (SSSR count). The Morgan fingerprint density at radius 1 is 1.05 bits per heavy atom. The van der Waals surface area contributed by atoms with Crippen LogP contribution in [0.2, 0.25) is 0 Å². The molecule has 2 aromatic carbocycles. The van der Waals surface area contributed by atoms with E-state index >= 15 is 0 Å². The number of hydrogen-bond donors (Lipinski definition) is 1. The minimum absolute atomic E-state index is 0.232. The molecule has 0 heterocycles. The molecule has 0 bridgehead atoms. The number of carboxylic acid groups (broad SMARTS) is 1. The first kappa shape index (κ1) is 13.0. The normalized spacial score (nSPS) is 9.95. The second-order valence-corrected chi connectivity index (χ2v) is 3.84. The van der Waals surface area contributed by atoms with E-state index in [1.165, 1.54) is 12.1 Å². The summed E-state index contributed by atoms with van der Waals surface area (Å²) in [5.41, 5.74) is 0.232. The van der Waals surface area contributed by atoms with Gasteiger partial charge in [0.05, 0.1) is 12.2 Å². The molecule has 0 aromatic heterocycles. The summed E-state index contributed by atoms with van der Waals surface area (Å²) in [6.07, 6.45) is 0. The zero-order valence-electron chi connectivity index (χ0n) is 10.5. The summed E-state index contributed by atoms with van der Waals surface area (Å²) in [4.78, 5) is 10.7. The number of carboxylic acids is 1. The van der Waals surface area contributed by atoms with Crippen molar-refractivity contribution in [1.29, 1.82) is 0 Å². The van der Waals surface area contributed by atoms with Crippen molar-refractivity contribution in [2.24, 2.45) is 0 Å². The Balaban J connectivity index is 2.12. The van der Waals surface area contributed by atoms with E-state index in [0.717, 1.165) is 5.75 Å². The molecule has 0 amide bonds. The van der Waals surface area contributed by atoms with Gasteiger partial charge in [-0.3, -0.25) is 0 Å². The summed E-state index contributed by atoms with van der Waals surface area (Å²) >= 11 is 0. The molecule has 0 aliphatic rings. The lowest BCUT2D eigenvalue weighted by atomic mass is 10.2. The van der Waals surface area contributed by atoms with Crippen molar-refractivity contribution in [3.05, 3.63) is 54.1 Å². The van der Waals surface area contributed by atoms with Gasteiger partial charge >= 0.3 is 5.97 Å². The van der Waals surface area contributed by atoms with E-state index in [1.807, 2.05) is 25.1 Å². The molecule has 0 fully saturated rings. The van der Waals surface area contributed by atoms with E-state index in [1.54, 1.807) is 18.2 Å². The molecule has 0 aliphatic heterocycles. The highest BCUT2D eigenvalue weighted by atomic mass is 16.5. The van der Waals surface area contributed by atoms with Gasteiger partial charge in [0.2, 0.25) is 0 Å². The molecule has 0 saturated carbocycles. The smallest absolute Gasteiger partial charge is 0.335 e. The van der Waals surface area contributed by atoms with Gasteiger partial charge in [0, 0.05) is 6.07 Å². The van der Waals surface area contributed by atoms with Gasteiger partial charge in [-0.25, -0.2) is 4.79 Å². The van der Waals surface area contributed by atoms with Crippen LogP contribution in [0.15, 0.2) is 48.5 Å². The first-order valence-electron chi connectivity index (χ1n) is 5.93. The standard InChI is InChI=1S/C15H14O4/c1-2-18-13-4-3-5-14(10-13)19-12-8-6-11(7-9-12)15(16)17/h3-10H,2H2,1H3,(H,16,17). The topological polar surface area (TPSA) is 55.8 Å². The Kier molecular flexibility index (Phi) is 4.03. The summed E-state index contributed by atoms with van der Waals surface area (Å²) in [5.74, 6) is 1.01. The minimum Gasteiger partial charge on any atom is -0.494 e. The van der Waals surface area contributed by atoms with E-state index < -0.39 is 5.97 Å². The van der Waals surface area contributed by atoms with Crippen LogP contribution in [0.5, 0.6) is 17.2 Å². The van der Waals surface area contributed by atoms with E-state index in [0.29, 0.717) is 18.1 Å². The van der Waals surface area contributed by atoms with Crippen LogP contribution in [0.1, 0.15) is 17.3 Å². The third kappa shape index (κ3) is 3.48. The van der Waals surface area contributed by atoms with Crippen molar-refractivity contribution in [3.63, 3.8) is 0 Å². The molecule has 2 aromatic rings. The Morgan fingerprint density at radius 3 is 2.37 bits per heavy atom. The van der Waals surface area contributed by atoms with E-state index in [9.17, 15) is 4.79 Å². The second-order valence-electron chi connectivity index (χ2n) is 3.84. The summed E-state index contributed by atoms with van der Waals surface area (Å²) in [6.45, 7) is 2.51. The van der Waals surface area contributed by atoms with Crippen molar-refractivity contribution in [2.75, 3.05) is 6.61 Å². The van der Waals surface area contributed by atoms with E-state index in [2.05, 4.69) is 0 Å². The van der Waals surface area contributed by atoms with Crippen LogP contribution in [0.3, 0.4) is 0 Å². The van der Waals surface area contributed by atoms with Crippen LogP contribution in [0, 0.1) is 0 Å². The maximum Gasteiger partial charge on any atom is 0.335 e. The van der Waals surface area contributed by atoms with Gasteiger partial charge in [-0.15, -0.1) is 0 Å². The number of ether oxygens (including phenoxy) is 2. The molecule has 0 aliphatic carbocycles.